The summed E-state index contributed by atoms with van der Waals surface area (Å²) in [6, 6.07) is 3.11. The van der Waals surface area contributed by atoms with Gasteiger partial charge in [-0.2, -0.15) is 10.1 Å². The van der Waals surface area contributed by atoms with Crippen LogP contribution in [0.15, 0.2) is 30.7 Å². The van der Waals surface area contributed by atoms with Gasteiger partial charge in [0.15, 0.2) is 5.82 Å². The fraction of sp³-hybridized carbons (Fsp3) is 0.364. The number of hydrogen-bond donors (Lipinski definition) is 2. The first-order chi connectivity index (χ1) is 16.3. The molecule has 4 aromatic heterocycles. The van der Waals surface area contributed by atoms with Crippen LogP contribution in [0.25, 0.3) is 22.2 Å². The second-order valence-electron chi connectivity index (χ2n) is 8.25. The summed E-state index contributed by atoms with van der Waals surface area (Å²) in [5, 5.41) is 14.1. The van der Waals surface area contributed by atoms with Gasteiger partial charge in [-0.3, -0.25) is 4.79 Å². The van der Waals surface area contributed by atoms with Crippen LogP contribution in [0.4, 0.5) is 19.1 Å². The van der Waals surface area contributed by atoms with Crippen molar-refractivity contribution in [3.63, 3.8) is 0 Å². The van der Waals surface area contributed by atoms with E-state index in [1.807, 2.05) is 0 Å². The van der Waals surface area contributed by atoms with Crippen molar-refractivity contribution in [1.29, 1.82) is 0 Å². The standard InChI is InChI=1S/C22H22F3N7O2/c1-26-19(33)14-10-27-31-8-5-12(9-16(14)31)17-15(23)11-32-18(17)20(34-2)29-21(30-32)28-13-3-6-22(24,25)7-4-13/h5,8-11,13H,3-4,6-7H2,1-2H3,(H,26,33)(H,28,30). The number of amides is 1. The number of halogens is 3. The number of carbonyl (C=O) groups is 1. The quantitative estimate of drug-likeness (QED) is 0.460. The molecule has 5 rings (SSSR count). The predicted octanol–water partition coefficient (Wildman–Crippen LogP) is 3.54. The highest BCUT2D eigenvalue weighted by Gasteiger charge is 2.35. The maximum Gasteiger partial charge on any atom is 0.254 e. The van der Waals surface area contributed by atoms with Gasteiger partial charge in [-0.1, -0.05) is 0 Å². The molecular formula is C22H22F3N7O2. The van der Waals surface area contributed by atoms with Gasteiger partial charge in [-0.05, 0) is 30.5 Å². The monoisotopic (exact) mass is 473 g/mol. The van der Waals surface area contributed by atoms with Gasteiger partial charge >= 0.3 is 0 Å². The van der Waals surface area contributed by atoms with Crippen LogP contribution in [0.2, 0.25) is 0 Å². The molecule has 0 spiro atoms. The van der Waals surface area contributed by atoms with Gasteiger partial charge in [0.05, 0.1) is 36.1 Å². The van der Waals surface area contributed by atoms with Gasteiger partial charge in [-0.25, -0.2) is 22.2 Å². The number of ether oxygens (including phenoxy) is 1. The molecule has 1 amide bonds. The maximum absolute atomic E-state index is 15.2. The van der Waals surface area contributed by atoms with Gasteiger partial charge in [-0.15, -0.1) is 5.10 Å². The number of pyridine rings is 1. The molecule has 12 heteroatoms. The van der Waals surface area contributed by atoms with E-state index in [9.17, 15) is 13.6 Å². The normalized spacial score (nSPS) is 16.1. The maximum atomic E-state index is 15.2. The molecule has 1 aliphatic rings. The molecule has 0 radical (unpaired) electrons. The Balaban J connectivity index is 1.55. The Morgan fingerprint density at radius 1 is 1.26 bits per heavy atom. The molecule has 0 atom stereocenters. The van der Waals surface area contributed by atoms with E-state index in [4.69, 9.17) is 4.74 Å². The van der Waals surface area contributed by atoms with Crippen LogP contribution in [-0.2, 0) is 0 Å². The fourth-order valence-corrected chi connectivity index (χ4v) is 4.31. The van der Waals surface area contributed by atoms with E-state index in [-0.39, 0.29) is 55.0 Å². The van der Waals surface area contributed by atoms with E-state index < -0.39 is 11.7 Å². The van der Waals surface area contributed by atoms with E-state index in [1.165, 1.54) is 35.6 Å². The lowest BCUT2D eigenvalue weighted by atomic mass is 9.92. The summed E-state index contributed by atoms with van der Waals surface area (Å²) < 4.78 is 50.4. The van der Waals surface area contributed by atoms with Gasteiger partial charge < -0.3 is 15.4 Å². The average molecular weight is 473 g/mol. The predicted molar refractivity (Wildman–Crippen MR) is 118 cm³/mol. The Kier molecular flexibility index (Phi) is 5.29. The average Bonchev–Trinajstić information content (AvgIpc) is 3.39. The number of hydrogen-bond acceptors (Lipinski definition) is 6. The first-order valence-electron chi connectivity index (χ1n) is 10.8. The van der Waals surface area contributed by atoms with Crippen LogP contribution in [-0.4, -0.2) is 56.2 Å². The van der Waals surface area contributed by atoms with Crippen molar-refractivity contribution in [2.45, 2.75) is 37.6 Å². The minimum atomic E-state index is -2.65. The van der Waals surface area contributed by atoms with Crippen LogP contribution < -0.4 is 15.4 Å². The Morgan fingerprint density at radius 3 is 2.74 bits per heavy atom. The lowest BCUT2D eigenvalue weighted by Crippen LogP contribution is -2.32. The Labute approximate surface area is 191 Å². The molecule has 1 fully saturated rings. The van der Waals surface area contributed by atoms with E-state index in [0.717, 1.165) is 0 Å². The highest BCUT2D eigenvalue weighted by atomic mass is 19.3. The van der Waals surface area contributed by atoms with Crippen molar-refractivity contribution in [3.05, 3.63) is 42.1 Å². The second kappa shape index (κ2) is 8.19. The van der Waals surface area contributed by atoms with Crippen LogP contribution in [0, 0.1) is 5.82 Å². The zero-order valence-electron chi connectivity index (χ0n) is 18.5. The van der Waals surface area contributed by atoms with Crippen molar-refractivity contribution in [2.24, 2.45) is 0 Å². The lowest BCUT2D eigenvalue weighted by Gasteiger charge is -2.28. The Morgan fingerprint density at radius 2 is 2.03 bits per heavy atom. The Hall–Kier alpha value is -3.83. The third kappa shape index (κ3) is 3.78. The second-order valence-corrected chi connectivity index (χ2v) is 8.25. The summed E-state index contributed by atoms with van der Waals surface area (Å²) in [5.74, 6) is -3.24. The van der Waals surface area contributed by atoms with Gasteiger partial charge in [0, 0.05) is 32.1 Å². The van der Waals surface area contributed by atoms with E-state index in [1.54, 1.807) is 18.3 Å². The lowest BCUT2D eigenvalue weighted by molar-refractivity contribution is -0.0361. The topological polar surface area (TPSA) is 97.9 Å². The molecule has 178 valence electrons. The van der Waals surface area contributed by atoms with Crippen molar-refractivity contribution in [2.75, 3.05) is 19.5 Å². The zero-order valence-corrected chi connectivity index (χ0v) is 18.5. The molecule has 34 heavy (non-hydrogen) atoms. The van der Waals surface area contributed by atoms with E-state index in [0.29, 0.717) is 22.2 Å². The fourth-order valence-electron chi connectivity index (χ4n) is 4.31. The van der Waals surface area contributed by atoms with Gasteiger partial charge in [0.1, 0.15) is 5.52 Å². The zero-order chi connectivity index (χ0) is 24.0. The number of rotatable bonds is 5. The van der Waals surface area contributed by atoms with Crippen molar-refractivity contribution in [1.82, 2.24) is 29.5 Å². The van der Waals surface area contributed by atoms with Crippen LogP contribution in [0.1, 0.15) is 36.0 Å². The molecule has 0 aromatic carbocycles. The number of aromatic nitrogens is 5. The molecular weight excluding hydrogens is 451 g/mol. The molecule has 0 unspecified atom stereocenters. The number of methoxy groups -OCH3 is 1. The van der Waals surface area contributed by atoms with Crippen molar-refractivity contribution in [3.8, 4) is 17.0 Å². The summed E-state index contributed by atoms with van der Waals surface area (Å²) in [6.07, 6.45) is 4.41. The van der Waals surface area contributed by atoms with Crippen LogP contribution >= 0.6 is 0 Å². The largest absolute Gasteiger partial charge is 0.479 e. The van der Waals surface area contributed by atoms with Gasteiger partial charge in [0.25, 0.3) is 5.91 Å². The number of nitrogens with one attached hydrogen (secondary N) is 2. The number of fused-ring (bicyclic) bond motifs is 2. The highest BCUT2D eigenvalue weighted by Crippen LogP contribution is 2.36. The number of nitrogens with zero attached hydrogens (tertiary/aromatic N) is 5. The van der Waals surface area contributed by atoms with Crippen molar-refractivity contribution < 1.29 is 22.7 Å². The highest BCUT2D eigenvalue weighted by molar-refractivity contribution is 6.01. The first-order valence-corrected chi connectivity index (χ1v) is 10.8. The molecule has 0 bridgehead atoms. The smallest absolute Gasteiger partial charge is 0.254 e. The number of carbonyl (C=O) groups excluding carboxylic acids is 1. The minimum Gasteiger partial charge on any atom is -0.479 e. The summed E-state index contributed by atoms with van der Waals surface area (Å²) in [4.78, 5) is 16.5. The number of anilines is 1. The SMILES string of the molecule is CNC(=O)c1cnn2ccc(-c3c(F)cn4nc(NC5CCC(F)(F)CC5)nc(OC)c34)cc12. The first kappa shape index (κ1) is 22.0. The molecule has 4 aromatic rings. The summed E-state index contributed by atoms with van der Waals surface area (Å²) >= 11 is 0. The molecule has 1 saturated carbocycles. The van der Waals surface area contributed by atoms with Crippen LogP contribution in [0.3, 0.4) is 0 Å². The third-order valence-corrected chi connectivity index (χ3v) is 6.08. The third-order valence-electron chi connectivity index (χ3n) is 6.08. The molecule has 4 heterocycles. The van der Waals surface area contributed by atoms with Crippen molar-refractivity contribution >= 4 is 22.9 Å². The summed E-state index contributed by atoms with van der Waals surface area (Å²) in [5.41, 5.74) is 1.83. The molecule has 2 N–H and O–H groups in total. The van der Waals surface area contributed by atoms with E-state index >= 15 is 4.39 Å². The summed E-state index contributed by atoms with van der Waals surface area (Å²) in [6.45, 7) is 0. The van der Waals surface area contributed by atoms with E-state index in [2.05, 4.69) is 25.8 Å². The molecule has 0 saturated heterocycles. The molecule has 9 nitrogen and oxygen atoms in total. The minimum absolute atomic E-state index is 0.123. The molecule has 1 aliphatic carbocycles. The molecule has 0 aliphatic heterocycles. The van der Waals surface area contributed by atoms with Gasteiger partial charge in [0.2, 0.25) is 17.8 Å². The summed E-state index contributed by atoms with van der Waals surface area (Å²) in [7, 11) is 2.93. The number of alkyl halides is 2. The Bertz CT molecular complexity index is 1390. The van der Waals surface area contributed by atoms with Crippen LogP contribution in [0.5, 0.6) is 5.88 Å².